The van der Waals surface area contributed by atoms with Crippen LogP contribution >= 0.6 is 0 Å². The molecular weight excluding hydrogens is 564 g/mol. The number of aromatic nitrogens is 4. The number of fused-ring (bicyclic) bond motifs is 4. The van der Waals surface area contributed by atoms with Crippen LogP contribution in [0.3, 0.4) is 0 Å². The van der Waals surface area contributed by atoms with Gasteiger partial charge >= 0.3 is 5.97 Å². The van der Waals surface area contributed by atoms with Crippen LogP contribution in [0, 0.1) is 13.8 Å². The van der Waals surface area contributed by atoms with Crippen LogP contribution in [-0.4, -0.2) is 62.9 Å². The number of carboxylic acid groups (broad SMARTS) is 1. The molecule has 224 valence electrons. The van der Waals surface area contributed by atoms with Gasteiger partial charge in [-0.15, -0.1) is 5.10 Å². The van der Waals surface area contributed by atoms with Gasteiger partial charge < -0.3 is 10.0 Å². The number of rotatable bonds is 7. The van der Waals surface area contributed by atoms with E-state index in [1.165, 1.54) is 0 Å². The van der Waals surface area contributed by atoms with Gasteiger partial charge in [0, 0.05) is 37.8 Å². The first-order valence-electron chi connectivity index (χ1n) is 15.1. The maximum Gasteiger partial charge on any atom is 0.304 e. The first-order chi connectivity index (χ1) is 20.7. The fraction of sp³-hybridized carbons (Fsp3) is 0.438. The number of sulfonamides is 1. The molecule has 7 rings (SSSR count). The number of aliphatic carboxylic acids is 1. The number of hydrogen-bond acceptors (Lipinski definition) is 7. The molecule has 11 heteroatoms. The maximum absolute atomic E-state index is 14.1. The lowest BCUT2D eigenvalue weighted by Crippen LogP contribution is -2.45. The molecule has 2 aliphatic heterocycles. The Hall–Kier alpha value is -3.83. The van der Waals surface area contributed by atoms with Crippen LogP contribution < -0.4 is 4.90 Å². The summed E-state index contributed by atoms with van der Waals surface area (Å²) in [7, 11) is -3.81. The lowest BCUT2D eigenvalue weighted by molar-refractivity contribution is -0.137. The molecule has 1 N–H and O–H groups in total. The predicted octanol–water partition coefficient (Wildman–Crippen LogP) is 4.95. The van der Waals surface area contributed by atoms with Crippen LogP contribution in [0.5, 0.6) is 0 Å². The molecule has 4 heterocycles. The minimum atomic E-state index is -3.81. The third kappa shape index (κ3) is 4.98. The highest BCUT2D eigenvalue weighted by Gasteiger charge is 2.39. The van der Waals surface area contributed by atoms with Gasteiger partial charge in [0.1, 0.15) is 16.2 Å². The number of carbonyl (C=O) groups is 1. The van der Waals surface area contributed by atoms with Crippen LogP contribution in [-0.2, 0) is 21.4 Å². The first-order valence-corrected chi connectivity index (χ1v) is 16.5. The fourth-order valence-corrected chi connectivity index (χ4v) is 8.47. The molecule has 10 nitrogen and oxygen atoms in total. The van der Waals surface area contributed by atoms with Crippen molar-refractivity contribution in [2.24, 2.45) is 0 Å². The molecule has 1 saturated heterocycles. The molecule has 2 atom stereocenters. The lowest BCUT2D eigenvalue weighted by atomic mass is 9.84. The van der Waals surface area contributed by atoms with Crippen molar-refractivity contribution in [1.29, 1.82) is 0 Å². The average molecular weight is 601 g/mol. The number of aryl methyl sites for hydroxylation is 2. The van der Waals surface area contributed by atoms with Crippen molar-refractivity contribution in [1.82, 2.24) is 24.3 Å². The standard InChI is InChI=1S/C32H36N6O4S/c1-20-8-9-22(27(17-30(39)40)26-12-13-28-31(21(26)2)34-35-38(28)24-10-11-24)16-23(20)18-36-19-25-6-3-4-15-37(25)32-29(43(36,41)42)7-5-14-33-32/h5,7-9,12-14,16,24-25,27H,3-4,6,10-11,15,17-19H2,1-2H3,(H,39,40)/t25-,27+/m1/s1. The second-order valence-corrected chi connectivity index (χ2v) is 14.1. The van der Waals surface area contributed by atoms with E-state index >= 15 is 0 Å². The molecule has 2 aromatic carbocycles. The molecule has 3 aliphatic rings. The Morgan fingerprint density at radius 1 is 1.07 bits per heavy atom. The highest BCUT2D eigenvalue weighted by atomic mass is 32.2. The summed E-state index contributed by atoms with van der Waals surface area (Å²) in [5, 5.41) is 18.8. The first kappa shape index (κ1) is 28.0. The van der Waals surface area contributed by atoms with Gasteiger partial charge in [-0.2, -0.15) is 4.31 Å². The largest absolute Gasteiger partial charge is 0.481 e. The van der Waals surface area contributed by atoms with Crippen LogP contribution in [0.2, 0.25) is 0 Å². The van der Waals surface area contributed by atoms with E-state index < -0.39 is 21.9 Å². The number of piperidine rings is 1. The molecular formula is C32H36N6O4S. The van der Waals surface area contributed by atoms with E-state index in [9.17, 15) is 18.3 Å². The number of carboxylic acids is 1. The Labute approximate surface area is 251 Å². The third-order valence-corrected chi connectivity index (χ3v) is 11.2. The number of pyridine rings is 1. The quantitative estimate of drug-likeness (QED) is 0.316. The second-order valence-electron chi connectivity index (χ2n) is 12.2. The van der Waals surface area contributed by atoms with E-state index in [4.69, 9.17) is 0 Å². The second kappa shape index (κ2) is 10.7. The van der Waals surface area contributed by atoms with Gasteiger partial charge in [0.2, 0.25) is 10.0 Å². The number of hydrogen-bond donors (Lipinski definition) is 1. The summed E-state index contributed by atoms with van der Waals surface area (Å²) < 4.78 is 31.7. The summed E-state index contributed by atoms with van der Waals surface area (Å²) in [4.78, 5) is 19.1. The smallest absolute Gasteiger partial charge is 0.304 e. The Balaban J connectivity index is 1.26. The van der Waals surface area contributed by atoms with E-state index in [1.54, 1.807) is 22.6 Å². The molecule has 1 aliphatic carbocycles. The molecule has 2 fully saturated rings. The van der Waals surface area contributed by atoms with Crippen molar-refractivity contribution in [3.63, 3.8) is 0 Å². The molecule has 1 saturated carbocycles. The van der Waals surface area contributed by atoms with Crippen LogP contribution in [0.4, 0.5) is 5.82 Å². The molecule has 2 aromatic heterocycles. The Bertz CT molecular complexity index is 1830. The zero-order valence-corrected chi connectivity index (χ0v) is 25.3. The summed E-state index contributed by atoms with van der Waals surface area (Å²) in [5.41, 5.74) is 6.26. The van der Waals surface area contributed by atoms with Crippen molar-refractivity contribution in [3.8, 4) is 0 Å². The van der Waals surface area contributed by atoms with E-state index in [0.29, 0.717) is 18.4 Å². The van der Waals surface area contributed by atoms with Gasteiger partial charge in [0.15, 0.2) is 0 Å². The highest BCUT2D eigenvalue weighted by molar-refractivity contribution is 7.89. The van der Waals surface area contributed by atoms with Crippen molar-refractivity contribution in [2.75, 3.05) is 18.0 Å². The van der Waals surface area contributed by atoms with E-state index in [1.807, 2.05) is 48.9 Å². The van der Waals surface area contributed by atoms with E-state index in [-0.39, 0.29) is 23.9 Å². The van der Waals surface area contributed by atoms with Gasteiger partial charge in [0.25, 0.3) is 0 Å². The molecule has 0 bridgehead atoms. The number of nitrogens with zero attached hydrogens (tertiary/aromatic N) is 6. The molecule has 0 radical (unpaired) electrons. The van der Waals surface area contributed by atoms with Crippen molar-refractivity contribution in [3.05, 3.63) is 76.5 Å². The van der Waals surface area contributed by atoms with Gasteiger partial charge in [-0.3, -0.25) is 4.79 Å². The molecule has 43 heavy (non-hydrogen) atoms. The van der Waals surface area contributed by atoms with Crippen molar-refractivity contribution < 1.29 is 18.3 Å². The predicted molar refractivity (Wildman–Crippen MR) is 163 cm³/mol. The van der Waals surface area contributed by atoms with Gasteiger partial charge in [-0.1, -0.05) is 29.5 Å². The average Bonchev–Trinajstić information content (AvgIpc) is 3.76. The van der Waals surface area contributed by atoms with Crippen LogP contribution in [0.15, 0.2) is 53.6 Å². The maximum atomic E-state index is 14.1. The number of benzene rings is 2. The van der Waals surface area contributed by atoms with E-state index in [0.717, 1.165) is 77.5 Å². The van der Waals surface area contributed by atoms with Gasteiger partial charge in [-0.05, 0) is 92.0 Å². The molecule has 0 unspecified atom stereocenters. The summed E-state index contributed by atoms with van der Waals surface area (Å²) in [5.74, 6) is -0.775. The van der Waals surface area contributed by atoms with Crippen LogP contribution in [0.1, 0.15) is 78.3 Å². The summed E-state index contributed by atoms with van der Waals surface area (Å²) in [6.45, 7) is 5.34. The van der Waals surface area contributed by atoms with E-state index in [2.05, 4.69) is 20.2 Å². The van der Waals surface area contributed by atoms with Crippen LogP contribution in [0.25, 0.3) is 11.0 Å². The fourth-order valence-electron chi connectivity index (χ4n) is 6.86. The normalized spacial score (nSPS) is 20.8. The number of anilines is 1. The summed E-state index contributed by atoms with van der Waals surface area (Å²) in [6.07, 6.45) is 6.75. The minimum Gasteiger partial charge on any atom is -0.481 e. The molecule has 0 spiro atoms. The Morgan fingerprint density at radius 3 is 2.70 bits per heavy atom. The Kier molecular flexibility index (Phi) is 6.97. The van der Waals surface area contributed by atoms with Gasteiger partial charge in [0.05, 0.1) is 18.0 Å². The third-order valence-electron chi connectivity index (χ3n) is 9.39. The molecule has 4 aromatic rings. The SMILES string of the molecule is Cc1ccc([C@H](CC(=O)O)c2ccc3c(nnn3C3CC3)c2C)cc1CN1C[C@H]2CCCCN2c2ncccc2S1(=O)=O. The zero-order chi connectivity index (χ0) is 29.9. The highest BCUT2D eigenvalue weighted by Crippen LogP contribution is 2.40. The minimum absolute atomic E-state index is 0.0568. The van der Waals surface area contributed by atoms with Crippen molar-refractivity contribution in [2.45, 2.75) is 81.8 Å². The van der Waals surface area contributed by atoms with Gasteiger partial charge in [-0.25, -0.2) is 18.1 Å². The molecule has 0 amide bonds. The monoisotopic (exact) mass is 600 g/mol. The zero-order valence-electron chi connectivity index (χ0n) is 24.5. The van der Waals surface area contributed by atoms with Crippen molar-refractivity contribution >= 4 is 32.8 Å². The topological polar surface area (TPSA) is 122 Å². The lowest BCUT2D eigenvalue weighted by Gasteiger charge is -2.36. The summed E-state index contributed by atoms with van der Waals surface area (Å²) in [6, 6.07) is 13.7. The summed E-state index contributed by atoms with van der Waals surface area (Å²) >= 11 is 0. The Morgan fingerprint density at radius 2 is 1.91 bits per heavy atom.